The molecule has 0 spiro atoms. The third-order valence-electron chi connectivity index (χ3n) is 8.64. The van der Waals surface area contributed by atoms with E-state index in [9.17, 15) is 33.2 Å². The topological polar surface area (TPSA) is 126 Å². The second kappa shape index (κ2) is 15.2. The maximum atomic E-state index is 14.9. The van der Waals surface area contributed by atoms with E-state index in [1.54, 1.807) is 55.5 Å². The average molecular weight is 698 g/mol. The molecule has 1 N–H and O–H groups in total. The van der Waals surface area contributed by atoms with E-state index in [0.29, 0.717) is 35.7 Å². The second-order valence-electron chi connectivity index (χ2n) is 11.9. The normalized spacial score (nSPS) is 15.6. The summed E-state index contributed by atoms with van der Waals surface area (Å²) in [6.45, 7) is 1.70. The Hall–Kier alpha value is -5.08. The Morgan fingerprint density at radius 1 is 1.04 bits per heavy atom. The van der Waals surface area contributed by atoms with Gasteiger partial charge in [0, 0.05) is 61.5 Å². The van der Waals surface area contributed by atoms with E-state index < -0.39 is 35.3 Å². The molecule has 1 atom stereocenters. The fourth-order valence-electron chi connectivity index (χ4n) is 6.10. The van der Waals surface area contributed by atoms with Crippen molar-refractivity contribution in [2.45, 2.75) is 44.2 Å². The number of β-amino-alcohol motifs (C(OH)–C–C–N with tert-alkyl or cyclic N) is 1. The van der Waals surface area contributed by atoms with E-state index in [1.165, 1.54) is 48.1 Å². The Morgan fingerprint density at radius 2 is 1.70 bits per heavy atom. The van der Waals surface area contributed by atoms with Gasteiger partial charge in [-0.3, -0.25) is 15.0 Å². The zero-order valence-corrected chi connectivity index (χ0v) is 27.8. The molecule has 0 radical (unpaired) electrons. The van der Waals surface area contributed by atoms with E-state index in [-0.39, 0.29) is 48.4 Å². The Labute approximate surface area is 286 Å². The molecule has 1 fully saturated rings. The molecule has 11 nitrogen and oxygen atoms in total. The third-order valence-corrected chi connectivity index (χ3v) is 8.64. The number of alkyl halides is 3. The van der Waals surface area contributed by atoms with Gasteiger partial charge in [0.15, 0.2) is 11.5 Å². The van der Waals surface area contributed by atoms with Crippen LogP contribution in [0, 0.1) is 10.1 Å². The van der Waals surface area contributed by atoms with Gasteiger partial charge in [0.25, 0.3) is 5.69 Å². The first kappa shape index (κ1) is 36.2. The highest BCUT2D eigenvalue weighted by Gasteiger charge is 2.57. The predicted octanol–water partition coefficient (Wildman–Crippen LogP) is 6.48. The highest BCUT2D eigenvalue weighted by Crippen LogP contribution is 2.45. The number of halogens is 3. The molecule has 50 heavy (non-hydrogen) atoms. The molecule has 3 aromatic carbocycles. The van der Waals surface area contributed by atoms with Crippen LogP contribution < -0.4 is 14.2 Å². The van der Waals surface area contributed by atoms with Gasteiger partial charge in [-0.1, -0.05) is 30.3 Å². The van der Waals surface area contributed by atoms with Gasteiger partial charge in [-0.2, -0.15) is 13.2 Å². The highest BCUT2D eigenvalue weighted by molar-refractivity contribution is 5.88. The molecule has 1 aliphatic heterocycles. The Morgan fingerprint density at radius 3 is 2.28 bits per heavy atom. The summed E-state index contributed by atoms with van der Waals surface area (Å²) < 4.78 is 68.6. The average Bonchev–Trinajstić information content (AvgIpc) is 3.46. The number of benzene rings is 3. The van der Waals surface area contributed by atoms with E-state index in [1.807, 2.05) is 0 Å². The number of aromatic nitrogens is 1. The molecule has 4 aromatic rings. The molecule has 1 aromatic heterocycles. The predicted molar refractivity (Wildman–Crippen MR) is 179 cm³/mol. The van der Waals surface area contributed by atoms with Crippen LogP contribution in [0.3, 0.4) is 0 Å². The van der Waals surface area contributed by atoms with Gasteiger partial charge in [0.1, 0.15) is 6.10 Å². The van der Waals surface area contributed by atoms with Gasteiger partial charge in [-0.05, 0) is 55.2 Å². The number of nitro groups is 1. The Kier molecular flexibility index (Phi) is 11.0. The quantitative estimate of drug-likeness (QED) is 0.0723. The summed E-state index contributed by atoms with van der Waals surface area (Å²) in [7, 11) is 2.91. The van der Waals surface area contributed by atoms with Crippen molar-refractivity contribution in [2.75, 3.05) is 40.5 Å². The molecule has 1 unspecified atom stereocenters. The van der Waals surface area contributed by atoms with E-state index in [0.717, 1.165) is 11.6 Å². The van der Waals surface area contributed by atoms with Crippen molar-refractivity contribution in [1.29, 1.82) is 0 Å². The van der Waals surface area contributed by atoms with Gasteiger partial charge < -0.3 is 28.6 Å². The molecule has 1 aliphatic rings. The minimum atomic E-state index is -5.07. The molecular formula is C36H38F3N3O8. The van der Waals surface area contributed by atoms with Crippen LogP contribution in [0.1, 0.15) is 36.5 Å². The van der Waals surface area contributed by atoms with Gasteiger partial charge in [0.2, 0.25) is 11.4 Å². The lowest BCUT2D eigenvalue weighted by Gasteiger charge is -2.39. The number of ether oxygens (including phenoxy) is 4. The number of aliphatic hydroxyl groups is 1. The van der Waals surface area contributed by atoms with E-state index in [2.05, 4.69) is 0 Å². The minimum absolute atomic E-state index is 0.0734. The summed E-state index contributed by atoms with van der Waals surface area (Å²) in [5.41, 5.74) is -2.36. The van der Waals surface area contributed by atoms with Gasteiger partial charge in [-0.15, -0.1) is 0 Å². The maximum absolute atomic E-state index is 14.9. The minimum Gasteiger partial charge on any atom is -0.493 e. The number of methoxy groups -OCH3 is 2. The molecule has 266 valence electrons. The molecule has 0 aliphatic carbocycles. The SMILES string of the molecule is CCOC(=O)/C=C/c1cc(OC)c(OC2CCN(CC(O)(c3cn(Cc4ccccc4)c4cc([N+](=O)[O-])ccc34)C(F)(F)F)CC2)c(OC)c1. The first-order chi connectivity index (χ1) is 23.9. The molecular weight excluding hydrogens is 659 g/mol. The number of piperidine rings is 1. The zero-order chi connectivity index (χ0) is 36.1. The number of likely N-dealkylation sites (tertiary alicyclic amines) is 1. The van der Waals surface area contributed by atoms with Crippen molar-refractivity contribution >= 4 is 28.6 Å². The number of hydrogen-bond donors (Lipinski definition) is 1. The molecule has 0 bridgehead atoms. The summed E-state index contributed by atoms with van der Waals surface area (Å²) in [5.74, 6) is 0.494. The zero-order valence-electron chi connectivity index (χ0n) is 27.8. The fourth-order valence-corrected chi connectivity index (χ4v) is 6.10. The Bertz CT molecular complexity index is 1830. The van der Waals surface area contributed by atoms with Crippen LogP contribution in [0.5, 0.6) is 17.2 Å². The van der Waals surface area contributed by atoms with Crippen LogP contribution >= 0.6 is 0 Å². The summed E-state index contributed by atoms with van der Waals surface area (Å²) in [4.78, 5) is 24.2. The van der Waals surface area contributed by atoms with Crippen LogP contribution in [0.15, 0.2) is 72.9 Å². The number of nitrogens with zero attached hydrogens (tertiary/aromatic N) is 3. The molecule has 1 saturated heterocycles. The molecule has 0 saturated carbocycles. The lowest BCUT2D eigenvalue weighted by atomic mass is 9.91. The third kappa shape index (κ3) is 7.87. The van der Waals surface area contributed by atoms with Gasteiger partial charge in [-0.25, -0.2) is 4.79 Å². The van der Waals surface area contributed by atoms with Gasteiger partial charge >= 0.3 is 12.1 Å². The van der Waals surface area contributed by atoms with Crippen molar-refractivity contribution in [2.24, 2.45) is 0 Å². The number of carbonyl (C=O) groups excluding carboxylic acids is 1. The smallest absolute Gasteiger partial charge is 0.422 e. The van der Waals surface area contributed by atoms with Crippen LogP contribution in [0.2, 0.25) is 0 Å². The molecule has 2 heterocycles. The van der Waals surface area contributed by atoms with Crippen molar-refractivity contribution in [3.05, 3.63) is 99.7 Å². The molecule has 14 heteroatoms. The van der Waals surface area contributed by atoms with Crippen LogP contribution in [0.4, 0.5) is 18.9 Å². The molecule has 0 amide bonds. The van der Waals surface area contributed by atoms with E-state index >= 15 is 0 Å². The van der Waals surface area contributed by atoms with Crippen LogP contribution in [-0.2, 0) is 21.7 Å². The fraction of sp³-hybridized carbons (Fsp3) is 0.361. The number of nitro benzene ring substituents is 1. The lowest BCUT2D eigenvalue weighted by Crippen LogP contribution is -2.53. The monoisotopic (exact) mass is 697 g/mol. The number of carbonyl (C=O) groups is 1. The summed E-state index contributed by atoms with van der Waals surface area (Å²) >= 11 is 0. The first-order valence-electron chi connectivity index (χ1n) is 16.0. The number of rotatable bonds is 13. The largest absolute Gasteiger partial charge is 0.493 e. The number of non-ortho nitro benzene ring substituents is 1. The molecule has 5 rings (SSSR count). The van der Waals surface area contributed by atoms with Gasteiger partial charge in [0.05, 0.1) is 31.3 Å². The van der Waals surface area contributed by atoms with Crippen LogP contribution in [-0.4, -0.2) is 78.2 Å². The van der Waals surface area contributed by atoms with Crippen molar-refractivity contribution in [1.82, 2.24) is 9.47 Å². The second-order valence-corrected chi connectivity index (χ2v) is 11.9. The summed E-state index contributed by atoms with van der Waals surface area (Å²) in [6.07, 6.45) is -0.719. The summed E-state index contributed by atoms with van der Waals surface area (Å²) in [6, 6.07) is 15.9. The van der Waals surface area contributed by atoms with Crippen molar-refractivity contribution in [3.63, 3.8) is 0 Å². The highest BCUT2D eigenvalue weighted by atomic mass is 19.4. The number of fused-ring (bicyclic) bond motifs is 1. The Balaban J connectivity index is 1.37. The number of esters is 1. The lowest BCUT2D eigenvalue weighted by molar-refractivity contribution is -0.384. The standard InChI is InChI=1S/C36H38F3N3O8/c1-4-49-33(43)13-10-25-18-31(47-2)34(32(19-25)48-3)50-27-14-16-40(17-15-27)23-35(44,36(37,38)39)29-22-41(21-24-8-6-5-7-9-24)30-20-26(42(45)46)11-12-28(29)30/h5-13,18-20,22,27,44H,4,14-17,21,23H2,1-3H3/b13-10+. The van der Waals surface area contributed by atoms with E-state index in [4.69, 9.17) is 18.9 Å². The maximum Gasteiger partial charge on any atom is 0.422 e. The van der Waals surface area contributed by atoms with Crippen molar-refractivity contribution < 1.29 is 46.9 Å². The summed E-state index contributed by atoms with van der Waals surface area (Å²) in [5, 5.41) is 23.2. The number of hydrogen-bond acceptors (Lipinski definition) is 9. The van der Waals surface area contributed by atoms with Crippen LogP contribution in [0.25, 0.3) is 17.0 Å². The van der Waals surface area contributed by atoms with Crippen molar-refractivity contribution in [3.8, 4) is 17.2 Å². The first-order valence-corrected chi connectivity index (χ1v) is 16.0.